The van der Waals surface area contributed by atoms with Gasteiger partial charge in [0.05, 0.1) is 34.4 Å². The van der Waals surface area contributed by atoms with Crippen molar-refractivity contribution >= 4 is 35.3 Å². The van der Waals surface area contributed by atoms with E-state index >= 15 is 0 Å². The Morgan fingerprint density at radius 2 is 1.64 bits per heavy atom. The highest BCUT2D eigenvalue weighted by Gasteiger charge is 2.36. The molecule has 0 saturated carbocycles. The van der Waals surface area contributed by atoms with Gasteiger partial charge in [-0.2, -0.15) is 0 Å². The van der Waals surface area contributed by atoms with Crippen molar-refractivity contribution in [3.05, 3.63) is 99.0 Å². The number of hydrazine groups is 1. The number of carbonyl (C=O) groups is 5. The summed E-state index contributed by atoms with van der Waals surface area (Å²) < 4.78 is 10.1. The highest BCUT2D eigenvalue weighted by molar-refractivity contribution is 6.21. The number of esters is 1. The smallest absolute Gasteiger partial charge is 0.338 e. The lowest BCUT2D eigenvalue weighted by Gasteiger charge is -2.11. The molecule has 1 aliphatic rings. The van der Waals surface area contributed by atoms with E-state index in [9.17, 15) is 34.1 Å². The summed E-state index contributed by atoms with van der Waals surface area (Å²) in [6.07, 6.45) is 1.42. The lowest BCUT2D eigenvalue weighted by atomic mass is 10.1. The maximum Gasteiger partial charge on any atom is 0.338 e. The van der Waals surface area contributed by atoms with Crippen LogP contribution >= 0.6 is 0 Å². The van der Waals surface area contributed by atoms with Crippen molar-refractivity contribution in [3.63, 3.8) is 0 Å². The molecule has 3 aromatic rings. The molecule has 2 N–H and O–H groups in total. The van der Waals surface area contributed by atoms with E-state index in [1.807, 2.05) is 5.43 Å². The van der Waals surface area contributed by atoms with Crippen LogP contribution < -0.4 is 10.9 Å². The van der Waals surface area contributed by atoms with Crippen molar-refractivity contribution in [1.29, 1.82) is 0 Å². The zero-order valence-corrected chi connectivity index (χ0v) is 18.3. The normalized spacial score (nSPS) is 12.2. The van der Waals surface area contributed by atoms with Gasteiger partial charge < -0.3 is 9.15 Å². The maximum atomic E-state index is 12.7. The second-order valence-electron chi connectivity index (χ2n) is 7.42. The van der Waals surface area contributed by atoms with Gasteiger partial charge in [0.1, 0.15) is 5.76 Å². The molecule has 0 saturated heterocycles. The number of nitro groups is 1. The van der Waals surface area contributed by atoms with Crippen molar-refractivity contribution in [2.75, 3.05) is 6.61 Å². The number of rotatable bonds is 7. The number of carbonyl (C=O) groups excluding carboxylic acids is 5. The number of benzene rings is 2. The van der Waals surface area contributed by atoms with Gasteiger partial charge in [-0.15, -0.1) is 0 Å². The number of furan rings is 1. The van der Waals surface area contributed by atoms with Gasteiger partial charge in [-0.05, 0) is 42.5 Å². The van der Waals surface area contributed by atoms with E-state index < -0.39 is 41.1 Å². The minimum atomic E-state index is -0.931. The van der Waals surface area contributed by atoms with Crippen LogP contribution in [0.4, 0.5) is 5.69 Å². The first-order chi connectivity index (χ1) is 17.2. The monoisotopic (exact) mass is 492 g/mol. The predicted octanol–water partition coefficient (Wildman–Crippen LogP) is 1.60. The molecule has 4 amide bonds. The standard InChI is InChI=1S/C23H16N4O9/c28-19(24-25-20(29)13-3-6-15(7-4-13)27(33)34)12-36-23(32)14-5-8-17-18(10-14)22(31)26(21(17)30)11-16-2-1-9-35-16/h1-10H,11-12H2,(H,24,28)(H,25,29). The van der Waals surface area contributed by atoms with Crippen LogP contribution in [0.3, 0.4) is 0 Å². The largest absolute Gasteiger partial charge is 0.467 e. The SMILES string of the molecule is O=C(COC(=O)c1ccc2c(c1)C(=O)N(Cc1ccco1)C2=O)NNC(=O)c1ccc([N+](=O)[O-])cc1. The van der Waals surface area contributed by atoms with E-state index in [1.165, 1.54) is 36.6 Å². The number of ether oxygens (including phenoxy) is 1. The first-order valence-electron chi connectivity index (χ1n) is 10.3. The fourth-order valence-corrected chi connectivity index (χ4v) is 3.30. The van der Waals surface area contributed by atoms with Crippen LogP contribution in [0, 0.1) is 10.1 Å². The van der Waals surface area contributed by atoms with Crippen molar-refractivity contribution in [2.45, 2.75) is 6.54 Å². The van der Waals surface area contributed by atoms with Crippen LogP contribution in [0.15, 0.2) is 65.3 Å². The van der Waals surface area contributed by atoms with E-state index in [0.29, 0.717) is 5.76 Å². The quantitative estimate of drug-likeness (QED) is 0.214. The Morgan fingerprint density at radius 1 is 0.944 bits per heavy atom. The molecule has 0 fully saturated rings. The molecule has 1 aromatic heterocycles. The van der Waals surface area contributed by atoms with Crippen LogP contribution in [0.5, 0.6) is 0 Å². The summed E-state index contributed by atoms with van der Waals surface area (Å²) in [5.74, 6) is -3.27. The highest BCUT2D eigenvalue weighted by atomic mass is 16.6. The number of amides is 4. The van der Waals surface area contributed by atoms with E-state index in [4.69, 9.17) is 9.15 Å². The number of hydrogen-bond donors (Lipinski definition) is 2. The molecule has 0 aliphatic carbocycles. The Kier molecular flexibility index (Phi) is 6.54. The summed E-state index contributed by atoms with van der Waals surface area (Å²) in [7, 11) is 0. The minimum Gasteiger partial charge on any atom is -0.467 e. The number of nitrogens with zero attached hydrogens (tertiary/aromatic N) is 2. The van der Waals surface area contributed by atoms with Gasteiger partial charge in [-0.3, -0.25) is 45.0 Å². The third-order valence-electron chi connectivity index (χ3n) is 5.09. The Morgan fingerprint density at radius 3 is 2.31 bits per heavy atom. The molecule has 1 aliphatic heterocycles. The number of non-ortho nitro benzene ring substituents is 1. The number of fused-ring (bicyclic) bond motifs is 1. The molecule has 0 radical (unpaired) electrons. The van der Waals surface area contributed by atoms with Crippen LogP contribution in [-0.2, 0) is 16.1 Å². The molecule has 182 valence electrons. The average Bonchev–Trinajstić information content (AvgIpc) is 3.48. The summed E-state index contributed by atoms with van der Waals surface area (Å²) in [5.41, 5.74) is 4.05. The summed E-state index contributed by atoms with van der Waals surface area (Å²) in [6.45, 7) is -0.821. The summed E-state index contributed by atoms with van der Waals surface area (Å²) in [6, 6.07) is 11.7. The van der Waals surface area contributed by atoms with Gasteiger partial charge in [0, 0.05) is 17.7 Å². The maximum absolute atomic E-state index is 12.7. The number of nitro benzene ring substituents is 1. The molecule has 0 atom stereocenters. The third-order valence-corrected chi connectivity index (χ3v) is 5.09. The lowest BCUT2D eigenvalue weighted by Crippen LogP contribution is -2.43. The molecule has 0 spiro atoms. The van der Waals surface area contributed by atoms with Crippen molar-refractivity contribution in [1.82, 2.24) is 15.8 Å². The number of hydrogen-bond acceptors (Lipinski definition) is 9. The molecule has 4 rings (SSSR count). The zero-order valence-electron chi connectivity index (χ0n) is 18.3. The van der Waals surface area contributed by atoms with Crippen LogP contribution in [0.1, 0.15) is 47.2 Å². The fraction of sp³-hybridized carbons (Fsp3) is 0.0870. The van der Waals surface area contributed by atoms with Gasteiger partial charge in [-0.25, -0.2) is 4.79 Å². The van der Waals surface area contributed by atoms with Crippen molar-refractivity contribution < 1.29 is 38.1 Å². The molecular formula is C23H16N4O9. The van der Waals surface area contributed by atoms with Crippen LogP contribution in [-0.4, -0.2) is 46.0 Å². The van der Waals surface area contributed by atoms with E-state index in [-0.39, 0.29) is 34.5 Å². The van der Waals surface area contributed by atoms with Gasteiger partial charge in [-0.1, -0.05) is 0 Å². The average molecular weight is 492 g/mol. The molecule has 36 heavy (non-hydrogen) atoms. The molecule has 0 unspecified atom stereocenters. The molecule has 13 heteroatoms. The predicted molar refractivity (Wildman–Crippen MR) is 118 cm³/mol. The second kappa shape index (κ2) is 9.89. The number of nitrogens with one attached hydrogen (secondary N) is 2. The van der Waals surface area contributed by atoms with Crippen molar-refractivity contribution in [2.24, 2.45) is 0 Å². The molecule has 2 heterocycles. The Balaban J connectivity index is 1.30. The molecule has 0 bridgehead atoms. The third kappa shape index (κ3) is 4.94. The van der Waals surface area contributed by atoms with Crippen molar-refractivity contribution in [3.8, 4) is 0 Å². The van der Waals surface area contributed by atoms with Gasteiger partial charge in [0.2, 0.25) is 0 Å². The highest BCUT2D eigenvalue weighted by Crippen LogP contribution is 2.26. The summed E-state index contributed by atoms with van der Waals surface area (Å²) in [4.78, 5) is 72.5. The summed E-state index contributed by atoms with van der Waals surface area (Å²) >= 11 is 0. The lowest BCUT2D eigenvalue weighted by molar-refractivity contribution is -0.384. The Labute approximate surface area is 201 Å². The van der Waals surface area contributed by atoms with Crippen LogP contribution in [0.25, 0.3) is 0 Å². The molecular weight excluding hydrogens is 476 g/mol. The second-order valence-corrected chi connectivity index (χ2v) is 7.42. The topological polar surface area (TPSA) is 178 Å². The Bertz CT molecular complexity index is 1380. The van der Waals surface area contributed by atoms with E-state index in [2.05, 4.69) is 5.43 Å². The van der Waals surface area contributed by atoms with Crippen LogP contribution in [0.2, 0.25) is 0 Å². The number of imide groups is 1. The van der Waals surface area contributed by atoms with E-state index in [1.54, 1.807) is 12.1 Å². The van der Waals surface area contributed by atoms with Gasteiger partial charge in [0.25, 0.3) is 29.3 Å². The first kappa shape index (κ1) is 23.8. The Hall–Kier alpha value is -5.33. The zero-order chi connectivity index (χ0) is 25.8. The first-order valence-corrected chi connectivity index (χ1v) is 10.3. The fourth-order valence-electron chi connectivity index (χ4n) is 3.30. The molecule has 2 aromatic carbocycles. The minimum absolute atomic E-state index is 0.0146. The summed E-state index contributed by atoms with van der Waals surface area (Å²) in [5, 5.41) is 10.7. The van der Waals surface area contributed by atoms with E-state index in [0.717, 1.165) is 17.0 Å². The van der Waals surface area contributed by atoms with Gasteiger partial charge >= 0.3 is 5.97 Å². The van der Waals surface area contributed by atoms with Gasteiger partial charge in [0.15, 0.2) is 6.61 Å². The molecule has 13 nitrogen and oxygen atoms in total.